The Morgan fingerprint density at radius 2 is 2.54 bits per heavy atom. The number of methoxy groups -OCH3 is 1. The summed E-state index contributed by atoms with van der Waals surface area (Å²) in [5, 5.41) is 3.67. The third-order valence-electron chi connectivity index (χ3n) is 2.27. The highest BCUT2D eigenvalue weighted by Gasteiger charge is 2.41. The first-order valence-corrected chi connectivity index (χ1v) is 4.26. The quantitative estimate of drug-likeness (QED) is 0.551. The second-order valence-electron chi connectivity index (χ2n) is 3.06. The number of oxime groups is 1. The Hall–Kier alpha value is -1.10. The van der Waals surface area contributed by atoms with Gasteiger partial charge in [-0.05, 0) is 12.8 Å². The fourth-order valence-corrected chi connectivity index (χ4v) is 1.59. The number of carbonyl (C=O) groups excluding carboxylic acids is 1. The maximum atomic E-state index is 11.2. The van der Waals surface area contributed by atoms with Crippen LogP contribution < -0.4 is 0 Å². The molecule has 5 nitrogen and oxygen atoms in total. The fourth-order valence-electron chi connectivity index (χ4n) is 1.59. The number of rotatable bonds is 1. The Kier molecular flexibility index (Phi) is 2.18. The number of hydrogen-bond acceptors (Lipinski definition) is 5. The van der Waals surface area contributed by atoms with Gasteiger partial charge in [0.15, 0.2) is 5.71 Å². The lowest BCUT2D eigenvalue weighted by Crippen LogP contribution is -2.34. The molecule has 0 aliphatic carbocycles. The highest BCUT2D eigenvalue weighted by Crippen LogP contribution is 2.28. The summed E-state index contributed by atoms with van der Waals surface area (Å²) in [6.45, 7) is 0.672. The molecule has 2 heterocycles. The van der Waals surface area contributed by atoms with Crippen LogP contribution in [0.2, 0.25) is 0 Å². The van der Waals surface area contributed by atoms with Crippen molar-refractivity contribution in [1.82, 2.24) is 0 Å². The third kappa shape index (κ3) is 1.39. The number of fused-ring (bicyclic) bond motifs is 1. The van der Waals surface area contributed by atoms with E-state index in [4.69, 9.17) is 9.57 Å². The first kappa shape index (κ1) is 8.50. The molecule has 13 heavy (non-hydrogen) atoms. The molecule has 72 valence electrons. The van der Waals surface area contributed by atoms with Gasteiger partial charge in [0, 0.05) is 0 Å². The summed E-state index contributed by atoms with van der Waals surface area (Å²) >= 11 is 0. The molecule has 1 saturated heterocycles. The molecule has 0 saturated carbocycles. The maximum absolute atomic E-state index is 11.2. The van der Waals surface area contributed by atoms with Crippen molar-refractivity contribution in [2.24, 2.45) is 11.1 Å². The summed E-state index contributed by atoms with van der Waals surface area (Å²) in [6, 6.07) is 0. The van der Waals surface area contributed by atoms with E-state index in [1.54, 1.807) is 0 Å². The Morgan fingerprint density at radius 1 is 1.69 bits per heavy atom. The SMILES string of the molecule is COC(=O)C1=NOC2OCCCC12. The number of hydrogen-bond donors (Lipinski definition) is 0. The van der Waals surface area contributed by atoms with Crippen LogP contribution in [0.1, 0.15) is 12.8 Å². The number of esters is 1. The molecule has 2 aliphatic heterocycles. The lowest BCUT2D eigenvalue weighted by Gasteiger charge is -2.22. The zero-order chi connectivity index (χ0) is 9.26. The van der Waals surface area contributed by atoms with Crippen molar-refractivity contribution in [1.29, 1.82) is 0 Å². The summed E-state index contributed by atoms with van der Waals surface area (Å²) in [5.41, 5.74) is 0.354. The first-order chi connectivity index (χ1) is 6.33. The van der Waals surface area contributed by atoms with Crippen molar-refractivity contribution in [3.05, 3.63) is 0 Å². The van der Waals surface area contributed by atoms with Gasteiger partial charge in [-0.25, -0.2) is 4.79 Å². The smallest absolute Gasteiger partial charge is 0.356 e. The van der Waals surface area contributed by atoms with Gasteiger partial charge in [0.2, 0.25) is 6.29 Å². The summed E-state index contributed by atoms with van der Waals surface area (Å²) < 4.78 is 9.86. The lowest BCUT2D eigenvalue weighted by molar-refractivity contribution is -0.163. The van der Waals surface area contributed by atoms with Crippen molar-refractivity contribution in [3.8, 4) is 0 Å². The molecular weight excluding hydrogens is 174 g/mol. The Morgan fingerprint density at radius 3 is 3.31 bits per heavy atom. The molecule has 0 aromatic heterocycles. The second kappa shape index (κ2) is 3.33. The molecule has 5 heteroatoms. The number of nitrogens with zero attached hydrogens (tertiary/aromatic N) is 1. The van der Waals surface area contributed by atoms with Crippen molar-refractivity contribution < 1.29 is 19.1 Å². The Labute approximate surface area is 75.6 Å². The van der Waals surface area contributed by atoms with Gasteiger partial charge in [-0.3, -0.25) is 0 Å². The van der Waals surface area contributed by atoms with E-state index in [0.717, 1.165) is 12.8 Å². The van der Waals surface area contributed by atoms with Crippen molar-refractivity contribution in [3.63, 3.8) is 0 Å². The van der Waals surface area contributed by atoms with Crippen LogP contribution in [0.4, 0.5) is 0 Å². The normalized spacial score (nSPS) is 31.6. The summed E-state index contributed by atoms with van der Waals surface area (Å²) in [5.74, 6) is -0.459. The van der Waals surface area contributed by atoms with Gasteiger partial charge >= 0.3 is 5.97 Å². The van der Waals surface area contributed by atoms with E-state index in [1.165, 1.54) is 7.11 Å². The van der Waals surface area contributed by atoms with Crippen LogP contribution in [0, 0.1) is 5.92 Å². The Balaban J connectivity index is 2.09. The highest BCUT2D eigenvalue weighted by molar-refractivity contribution is 6.37. The number of ether oxygens (including phenoxy) is 2. The molecule has 0 amide bonds. The number of carbonyl (C=O) groups is 1. The van der Waals surface area contributed by atoms with Gasteiger partial charge in [0.05, 0.1) is 19.6 Å². The average Bonchev–Trinajstić information content (AvgIpc) is 2.60. The van der Waals surface area contributed by atoms with Crippen LogP contribution in [0.3, 0.4) is 0 Å². The minimum Gasteiger partial charge on any atom is -0.464 e. The molecule has 0 aromatic carbocycles. The van der Waals surface area contributed by atoms with E-state index in [2.05, 4.69) is 9.89 Å². The highest BCUT2D eigenvalue weighted by atomic mass is 16.8. The van der Waals surface area contributed by atoms with Gasteiger partial charge in [-0.1, -0.05) is 5.16 Å². The summed E-state index contributed by atoms with van der Waals surface area (Å²) in [7, 11) is 1.34. The molecule has 0 N–H and O–H groups in total. The summed E-state index contributed by atoms with van der Waals surface area (Å²) in [4.78, 5) is 16.1. The average molecular weight is 185 g/mol. The predicted octanol–water partition coefficient (Wildman–Crippen LogP) is 0.298. The minimum absolute atomic E-state index is 0.0406. The van der Waals surface area contributed by atoms with Crippen molar-refractivity contribution >= 4 is 11.7 Å². The van der Waals surface area contributed by atoms with Gasteiger partial charge in [0.25, 0.3) is 0 Å². The molecule has 0 spiro atoms. The van der Waals surface area contributed by atoms with E-state index in [1.807, 2.05) is 0 Å². The molecule has 2 aliphatic rings. The largest absolute Gasteiger partial charge is 0.464 e. The van der Waals surface area contributed by atoms with E-state index in [0.29, 0.717) is 12.3 Å². The predicted molar refractivity (Wildman–Crippen MR) is 43.0 cm³/mol. The van der Waals surface area contributed by atoms with Crippen LogP contribution in [-0.4, -0.2) is 31.7 Å². The van der Waals surface area contributed by atoms with Gasteiger partial charge in [-0.2, -0.15) is 0 Å². The van der Waals surface area contributed by atoms with E-state index in [9.17, 15) is 4.79 Å². The van der Waals surface area contributed by atoms with Gasteiger partial charge in [-0.15, -0.1) is 0 Å². The van der Waals surface area contributed by atoms with E-state index >= 15 is 0 Å². The third-order valence-corrected chi connectivity index (χ3v) is 2.27. The van der Waals surface area contributed by atoms with Crippen LogP contribution in [0.15, 0.2) is 5.16 Å². The molecule has 2 unspecified atom stereocenters. The molecule has 0 aromatic rings. The lowest BCUT2D eigenvalue weighted by atomic mass is 9.96. The summed E-state index contributed by atoms with van der Waals surface area (Å²) in [6.07, 6.45) is 1.43. The van der Waals surface area contributed by atoms with Crippen LogP contribution in [0.5, 0.6) is 0 Å². The molecule has 0 radical (unpaired) electrons. The van der Waals surface area contributed by atoms with E-state index < -0.39 is 5.97 Å². The molecular formula is C8H11NO4. The zero-order valence-corrected chi connectivity index (χ0v) is 7.36. The first-order valence-electron chi connectivity index (χ1n) is 4.26. The topological polar surface area (TPSA) is 57.1 Å². The monoisotopic (exact) mass is 185 g/mol. The standard InChI is InChI=1S/C8H11NO4/c1-11-7(10)6-5-3-2-4-12-8(5)13-9-6/h5,8H,2-4H2,1H3. The van der Waals surface area contributed by atoms with E-state index in [-0.39, 0.29) is 12.2 Å². The van der Waals surface area contributed by atoms with Crippen LogP contribution >= 0.6 is 0 Å². The van der Waals surface area contributed by atoms with Gasteiger partial charge < -0.3 is 14.3 Å². The van der Waals surface area contributed by atoms with Gasteiger partial charge in [0.1, 0.15) is 0 Å². The fraction of sp³-hybridized carbons (Fsp3) is 0.750. The second-order valence-corrected chi connectivity index (χ2v) is 3.06. The zero-order valence-electron chi connectivity index (χ0n) is 7.36. The van der Waals surface area contributed by atoms with Crippen LogP contribution in [-0.2, 0) is 19.1 Å². The minimum atomic E-state index is -0.419. The Bertz CT molecular complexity index is 251. The van der Waals surface area contributed by atoms with Crippen molar-refractivity contribution in [2.45, 2.75) is 19.1 Å². The molecule has 1 fully saturated rings. The van der Waals surface area contributed by atoms with Crippen molar-refractivity contribution in [2.75, 3.05) is 13.7 Å². The molecule has 2 atom stereocenters. The molecule has 2 rings (SSSR count). The maximum Gasteiger partial charge on any atom is 0.356 e. The van der Waals surface area contributed by atoms with Crippen LogP contribution in [0.25, 0.3) is 0 Å². The molecule has 0 bridgehead atoms.